The van der Waals surface area contributed by atoms with Crippen LogP contribution in [0, 0.1) is 5.82 Å². The van der Waals surface area contributed by atoms with Gasteiger partial charge in [-0.3, -0.25) is 14.5 Å². The van der Waals surface area contributed by atoms with E-state index in [1.807, 2.05) is 9.80 Å². The third kappa shape index (κ3) is 7.00. The lowest BCUT2D eigenvalue weighted by molar-refractivity contribution is -0.133. The van der Waals surface area contributed by atoms with Gasteiger partial charge >= 0.3 is 0 Å². The van der Waals surface area contributed by atoms with Crippen LogP contribution in [-0.4, -0.2) is 60.9 Å². The Morgan fingerprint density at radius 3 is 2.33 bits per heavy atom. The van der Waals surface area contributed by atoms with Crippen molar-refractivity contribution in [2.75, 3.05) is 44.6 Å². The van der Waals surface area contributed by atoms with Gasteiger partial charge in [-0.15, -0.1) is 0 Å². The fourth-order valence-electron chi connectivity index (χ4n) is 3.19. The monoisotopic (exact) mass is 433 g/mol. The molecule has 0 radical (unpaired) electrons. The summed E-state index contributed by atoms with van der Waals surface area (Å²) in [5.41, 5.74) is 0.566. The number of benzene rings is 2. The van der Waals surface area contributed by atoms with Gasteiger partial charge in [-0.2, -0.15) is 0 Å². The molecule has 8 heteroatoms. The summed E-state index contributed by atoms with van der Waals surface area (Å²) in [5, 5.41) is 3.41. The molecule has 2 aromatic rings. The second-order valence-corrected chi connectivity index (χ2v) is 7.55. The van der Waals surface area contributed by atoms with E-state index in [0.717, 1.165) is 5.75 Å². The maximum Gasteiger partial charge on any atom is 0.238 e. The van der Waals surface area contributed by atoms with E-state index in [1.54, 1.807) is 24.3 Å². The Kier molecular flexibility index (Phi) is 8.04. The molecule has 0 saturated carbocycles. The van der Waals surface area contributed by atoms with Gasteiger partial charge in [0, 0.05) is 43.3 Å². The number of amides is 2. The van der Waals surface area contributed by atoms with Crippen molar-refractivity contribution in [3.8, 4) is 5.75 Å². The lowest BCUT2D eigenvalue weighted by Crippen LogP contribution is -2.50. The van der Waals surface area contributed by atoms with Gasteiger partial charge in [0.15, 0.2) is 0 Å². The highest BCUT2D eigenvalue weighted by Crippen LogP contribution is 2.16. The number of piperazine rings is 1. The van der Waals surface area contributed by atoms with Crippen molar-refractivity contribution in [1.29, 1.82) is 0 Å². The summed E-state index contributed by atoms with van der Waals surface area (Å²) >= 11 is 5.84. The minimum Gasteiger partial charge on any atom is -0.494 e. The Bertz CT molecular complexity index is 838. The standard InChI is InChI=1S/C22H25ClFN3O3/c23-17-3-9-20(10-4-17)30-15-1-2-22(29)27-13-11-26(12-14-27)16-21(28)25-19-7-5-18(24)6-8-19/h3-10H,1-2,11-16H2,(H,25,28). The Morgan fingerprint density at radius 2 is 1.67 bits per heavy atom. The summed E-state index contributed by atoms with van der Waals surface area (Å²) in [6.07, 6.45) is 1.07. The molecular formula is C22H25ClFN3O3. The molecule has 0 aliphatic carbocycles. The van der Waals surface area contributed by atoms with Crippen LogP contribution in [0.25, 0.3) is 0 Å². The second kappa shape index (κ2) is 10.9. The number of nitrogens with one attached hydrogen (secondary N) is 1. The zero-order valence-corrected chi connectivity index (χ0v) is 17.4. The molecule has 1 aliphatic rings. The number of ether oxygens (including phenoxy) is 1. The quantitative estimate of drug-likeness (QED) is 0.648. The Balaban J connectivity index is 1.31. The van der Waals surface area contributed by atoms with Crippen LogP contribution in [0.5, 0.6) is 5.75 Å². The van der Waals surface area contributed by atoms with Crippen molar-refractivity contribution in [2.24, 2.45) is 0 Å². The molecule has 30 heavy (non-hydrogen) atoms. The maximum atomic E-state index is 12.9. The van der Waals surface area contributed by atoms with Gasteiger partial charge in [0.2, 0.25) is 11.8 Å². The van der Waals surface area contributed by atoms with Gasteiger partial charge in [-0.05, 0) is 55.0 Å². The van der Waals surface area contributed by atoms with Crippen molar-refractivity contribution < 1.29 is 18.7 Å². The number of halogens is 2. The average molecular weight is 434 g/mol. The Hall–Kier alpha value is -2.64. The molecule has 0 spiro atoms. The molecule has 1 N–H and O–H groups in total. The summed E-state index contributed by atoms with van der Waals surface area (Å²) in [6, 6.07) is 12.8. The molecule has 1 heterocycles. The van der Waals surface area contributed by atoms with Crippen LogP contribution >= 0.6 is 11.6 Å². The van der Waals surface area contributed by atoms with Crippen molar-refractivity contribution in [3.05, 3.63) is 59.4 Å². The first kappa shape index (κ1) is 22.1. The molecule has 6 nitrogen and oxygen atoms in total. The first-order valence-electron chi connectivity index (χ1n) is 9.93. The van der Waals surface area contributed by atoms with E-state index < -0.39 is 0 Å². The fraction of sp³-hybridized carbons (Fsp3) is 0.364. The lowest BCUT2D eigenvalue weighted by atomic mass is 10.2. The first-order chi connectivity index (χ1) is 14.5. The summed E-state index contributed by atoms with van der Waals surface area (Å²) < 4.78 is 18.5. The van der Waals surface area contributed by atoms with Gasteiger partial charge in [0.25, 0.3) is 0 Å². The molecule has 0 bridgehead atoms. The van der Waals surface area contributed by atoms with Crippen LogP contribution in [0.1, 0.15) is 12.8 Å². The fourth-order valence-corrected chi connectivity index (χ4v) is 3.32. The van der Waals surface area contributed by atoms with Crippen LogP contribution in [0.4, 0.5) is 10.1 Å². The molecule has 1 saturated heterocycles. The third-order valence-electron chi connectivity index (χ3n) is 4.84. The molecule has 3 rings (SSSR count). The smallest absolute Gasteiger partial charge is 0.238 e. The molecule has 160 valence electrons. The van der Waals surface area contributed by atoms with E-state index in [2.05, 4.69) is 5.32 Å². The first-order valence-corrected chi connectivity index (χ1v) is 10.3. The minimum absolute atomic E-state index is 0.102. The minimum atomic E-state index is -0.342. The van der Waals surface area contributed by atoms with Gasteiger partial charge in [0.1, 0.15) is 11.6 Å². The van der Waals surface area contributed by atoms with Gasteiger partial charge in [0.05, 0.1) is 13.2 Å². The Morgan fingerprint density at radius 1 is 1.00 bits per heavy atom. The number of anilines is 1. The van der Waals surface area contributed by atoms with Crippen LogP contribution in [-0.2, 0) is 9.59 Å². The van der Waals surface area contributed by atoms with E-state index in [9.17, 15) is 14.0 Å². The van der Waals surface area contributed by atoms with Gasteiger partial charge in [-0.1, -0.05) is 11.6 Å². The van der Waals surface area contributed by atoms with E-state index in [-0.39, 0.29) is 24.2 Å². The lowest BCUT2D eigenvalue weighted by Gasteiger charge is -2.34. The maximum absolute atomic E-state index is 12.9. The summed E-state index contributed by atoms with van der Waals surface area (Å²) in [7, 11) is 0. The number of hydrogen-bond acceptors (Lipinski definition) is 4. The normalized spacial score (nSPS) is 14.4. The van der Waals surface area contributed by atoms with Crippen LogP contribution in [0.2, 0.25) is 5.02 Å². The number of carbonyl (C=O) groups excluding carboxylic acids is 2. The topological polar surface area (TPSA) is 61.9 Å². The zero-order valence-electron chi connectivity index (χ0n) is 16.7. The zero-order chi connectivity index (χ0) is 21.3. The summed E-state index contributed by atoms with van der Waals surface area (Å²) in [4.78, 5) is 28.4. The van der Waals surface area contributed by atoms with E-state index >= 15 is 0 Å². The molecule has 0 aromatic heterocycles. The van der Waals surface area contributed by atoms with E-state index in [4.69, 9.17) is 16.3 Å². The molecule has 1 aliphatic heterocycles. The SMILES string of the molecule is O=C(CN1CCN(C(=O)CCCOc2ccc(Cl)cc2)CC1)Nc1ccc(F)cc1. The largest absolute Gasteiger partial charge is 0.494 e. The molecular weight excluding hydrogens is 409 g/mol. The highest BCUT2D eigenvalue weighted by molar-refractivity contribution is 6.30. The van der Waals surface area contributed by atoms with Crippen molar-refractivity contribution in [1.82, 2.24) is 9.80 Å². The number of hydrogen-bond donors (Lipinski definition) is 1. The third-order valence-corrected chi connectivity index (χ3v) is 5.09. The number of nitrogens with zero attached hydrogens (tertiary/aromatic N) is 2. The van der Waals surface area contributed by atoms with Crippen LogP contribution in [0.15, 0.2) is 48.5 Å². The molecule has 2 aromatic carbocycles. The highest BCUT2D eigenvalue weighted by Gasteiger charge is 2.22. The number of carbonyl (C=O) groups is 2. The van der Waals surface area contributed by atoms with Gasteiger partial charge in [-0.25, -0.2) is 4.39 Å². The van der Waals surface area contributed by atoms with Crippen molar-refractivity contribution >= 4 is 29.1 Å². The molecule has 0 atom stereocenters. The molecule has 2 amide bonds. The van der Waals surface area contributed by atoms with Crippen LogP contribution in [0.3, 0.4) is 0 Å². The van der Waals surface area contributed by atoms with E-state index in [0.29, 0.717) is 56.3 Å². The van der Waals surface area contributed by atoms with E-state index in [1.165, 1.54) is 24.3 Å². The predicted molar refractivity (Wildman–Crippen MR) is 114 cm³/mol. The second-order valence-electron chi connectivity index (χ2n) is 7.12. The Labute approximate surface area is 180 Å². The summed E-state index contributed by atoms with van der Waals surface area (Å²) in [5.74, 6) is 0.343. The molecule has 1 fully saturated rings. The van der Waals surface area contributed by atoms with Gasteiger partial charge < -0.3 is 15.0 Å². The molecule has 0 unspecified atom stereocenters. The van der Waals surface area contributed by atoms with Crippen LogP contribution < -0.4 is 10.1 Å². The predicted octanol–water partition coefficient (Wildman–Crippen LogP) is 3.42. The van der Waals surface area contributed by atoms with Crippen molar-refractivity contribution in [3.63, 3.8) is 0 Å². The summed E-state index contributed by atoms with van der Waals surface area (Å²) in [6.45, 7) is 3.19. The number of rotatable bonds is 8. The van der Waals surface area contributed by atoms with Crippen molar-refractivity contribution in [2.45, 2.75) is 12.8 Å². The highest BCUT2D eigenvalue weighted by atomic mass is 35.5. The average Bonchev–Trinajstić information content (AvgIpc) is 2.74.